The minimum atomic E-state index is -4.47. The molecule has 0 fully saturated rings. The zero-order valence-corrected chi connectivity index (χ0v) is 7.63. The molecule has 0 N–H and O–H groups in total. The Morgan fingerprint density at radius 2 is 2.00 bits per heavy atom. The van der Waals surface area contributed by atoms with Crippen molar-refractivity contribution < 1.29 is 13.2 Å². The van der Waals surface area contributed by atoms with Gasteiger partial charge in [-0.05, 0) is 13.0 Å². The highest BCUT2D eigenvalue weighted by Gasteiger charge is 2.36. The minimum absolute atomic E-state index is 0.190. The maximum Gasteiger partial charge on any atom is 0.435 e. The lowest BCUT2D eigenvalue weighted by Gasteiger charge is -2.11. The van der Waals surface area contributed by atoms with Gasteiger partial charge in [0.15, 0.2) is 5.70 Å². The summed E-state index contributed by atoms with van der Waals surface area (Å²) in [5.41, 5.74) is -0.487. The van der Waals surface area contributed by atoms with Crippen molar-refractivity contribution in [1.29, 1.82) is 0 Å². The number of alkyl halides is 3. The summed E-state index contributed by atoms with van der Waals surface area (Å²) in [6.45, 7) is 1.66. The third-order valence-electron chi connectivity index (χ3n) is 1.61. The van der Waals surface area contributed by atoms with E-state index in [4.69, 9.17) is 0 Å². The Labute approximate surface area is 78.7 Å². The number of azo groups is 1. The van der Waals surface area contributed by atoms with Crippen molar-refractivity contribution in [3.63, 3.8) is 0 Å². The highest BCUT2D eigenvalue weighted by Crippen LogP contribution is 2.30. The topological polar surface area (TPSA) is 37.1 Å². The van der Waals surface area contributed by atoms with Crippen LogP contribution in [-0.2, 0) is 0 Å². The summed E-state index contributed by atoms with van der Waals surface area (Å²) in [4.78, 5) is 3.68. The Balaban J connectivity index is 3.09. The quantitative estimate of drug-likeness (QED) is 0.580. The summed E-state index contributed by atoms with van der Waals surface area (Å²) >= 11 is 0. The van der Waals surface area contributed by atoms with E-state index in [2.05, 4.69) is 15.2 Å². The largest absolute Gasteiger partial charge is 0.435 e. The van der Waals surface area contributed by atoms with Crippen LogP contribution < -0.4 is 0 Å². The van der Waals surface area contributed by atoms with Crippen molar-refractivity contribution in [2.45, 2.75) is 13.1 Å². The molecule has 1 aliphatic heterocycles. The van der Waals surface area contributed by atoms with Crippen molar-refractivity contribution in [2.75, 3.05) is 7.05 Å². The van der Waals surface area contributed by atoms with E-state index in [-0.39, 0.29) is 5.71 Å². The van der Waals surface area contributed by atoms with Crippen LogP contribution in [0.25, 0.3) is 0 Å². The van der Waals surface area contributed by atoms with Gasteiger partial charge in [0.25, 0.3) is 0 Å². The first-order chi connectivity index (χ1) is 6.49. The Morgan fingerprint density at radius 1 is 1.36 bits per heavy atom. The number of hydrogen-bond donors (Lipinski definition) is 0. The van der Waals surface area contributed by atoms with Gasteiger partial charge in [-0.2, -0.15) is 13.2 Å². The Kier molecular flexibility index (Phi) is 2.83. The molecule has 3 nitrogen and oxygen atoms in total. The molecule has 0 saturated heterocycles. The van der Waals surface area contributed by atoms with Gasteiger partial charge in [0.2, 0.25) is 0 Å². The van der Waals surface area contributed by atoms with Crippen LogP contribution in [0.5, 0.6) is 0 Å². The van der Waals surface area contributed by atoms with Crippen molar-refractivity contribution >= 4 is 5.71 Å². The van der Waals surface area contributed by atoms with E-state index in [9.17, 15) is 13.2 Å². The van der Waals surface area contributed by atoms with Gasteiger partial charge in [-0.1, -0.05) is 6.08 Å². The molecule has 76 valence electrons. The number of halogens is 3. The second-order valence-corrected chi connectivity index (χ2v) is 2.51. The van der Waals surface area contributed by atoms with Crippen LogP contribution in [0.15, 0.2) is 38.8 Å². The van der Waals surface area contributed by atoms with E-state index in [0.29, 0.717) is 5.70 Å². The van der Waals surface area contributed by atoms with Crippen molar-refractivity contribution in [2.24, 2.45) is 15.2 Å². The third-order valence-corrected chi connectivity index (χ3v) is 1.61. The number of aliphatic imine (C=N–C) groups is 1. The predicted molar refractivity (Wildman–Crippen MR) is 46.1 cm³/mol. The maximum atomic E-state index is 12.2. The van der Waals surface area contributed by atoms with Gasteiger partial charge in [-0.3, -0.25) is 4.99 Å². The highest BCUT2D eigenvalue weighted by molar-refractivity contribution is 6.08. The smallest absolute Gasteiger partial charge is 0.286 e. The average molecular weight is 203 g/mol. The van der Waals surface area contributed by atoms with Crippen LogP contribution >= 0.6 is 0 Å². The first-order valence-corrected chi connectivity index (χ1v) is 3.83. The van der Waals surface area contributed by atoms with Crippen LogP contribution in [0.3, 0.4) is 0 Å². The molecule has 0 saturated carbocycles. The number of allylic oxidation sites excluding steroid dienone is 3. The molecule has 0 aromatic rings. The zero-order valence-electron chi connectivity index (χ0n) is 7.63. The van der Waals surface area contributed by atoms with Crippen LogP contribution in [0, 0.1) is 0 Å². The van der Waals surface area contributed by atoms with Gasteiger partial charge in [0.05, 0.1) is 5.71 Å². The SMILES string of the molecule is C/C=C1/N=NC(C(F)(F)F)=CC1=NC. The number of hydrogen-bond acceptors (Lipinski definition) is 3. The fourth-order valence-electron chi connectivity index (χ4n) is 0.915. The Bertz CT molecular complexity index is 347. The molecule has 0 bridgehead atoms. The van der Waals surface area contributed by atoms with Crippen molar-refractivity contribution in [3.05, 3.63) is 23.5 Å². The summed E-state index contributed by atoms with van der Waals surface area (Å²) in [5, 5.41) is 6.48. The van der Waals surface area contributed by atoms with Gasteiger partial charge in [-0.25, -0.2) is 0 Å². The second kappa shape index (κ2) is 3.73. The van der Waals surface area contributed by atoms with Gasteiger partial charge in [-0.15, -0.1) is 10.2 Å². The van der Waals surface area contributed by atoms with Crippen LogP contribution in [-0.4, -0.2) is 18.9 Å². The molecule has 0 aromatic carbocycles. The summed E-state index contributed by atoms with van der Waals surface area (Å²) in [6.07, 6.45) is -2.05. The standard InChI is InChI=1S/C8H8F3N3/c1-3-5-6(12-2)4-7(14-13-5)8(9,10)11/h3-4H,1-2H3/b5-3+,12-6?. The molecule has 1 aliphatic rings. The summed E-state index contributed by atoms with van der Waals surface area (Å²) in [6, 6.07) is 0. The van der Waals surface area contributed by atoms with Crippen LogP contribution in [0.1, 0.15) is 6.92 Å². The van der Waals surface area contributed by atoms with Crippen molar-refractivity contribution in [1.82, 2.24) is 0 Å². The molecule has 6 heteroatoms. The molecular weight excluding hydrogens is 195 g/mol. The fourth-order valence-corrected chi connectivity index (χ4v) is 0.915. The second-order valence-electron chi connectivity index (χ2n) is 2.51. The number of nitrogens with zero attached hydrogens (tertiary/aromatic N) is 3. The molecule has 14 heavy (non-hydrogen) atoms. The monoisotopic (exact) mass is 203 g/mol. The lowest BCUT2D eigenvalue weighted by molar-refractivity contribution is -0.0929. The first kappa shape index (κ1) is 10.6. The molecule has 0 amide bonds. The van der Waals surface area contributed by atoms with E-state index in [0.717, 1.165) is 6.08 Å². The van der Waals surface area contributed by atoms with Gasteiger partial charge >= 0.3 is 6.18 Å². The van der Waals surface area contributed by atoms with E-state index < -0.39 is 11.9 Å². The Morgan fingerprint density at radius 3 is 2.43 bits per heavy atom. The molecule has 1 rings (SSSR count). The van der Waals surface area contributed by atoms with Crippen molar-refractivity contribution in [3.8, 4) is 0 Å². The molecular formula is C8H8F3N3. The van der Waals surface area contributed by atoms with E-state index in [1.807, 2.05) is 0 Å². The minimum Gasteiger partial charge on any atom is -0.286 e. The fraction of sp³-hybridized carbons (Fsp3) is 0.375. The normalized spacial score (nSPS) is 23.1. The lowest BCUT2D eigenvalue weighted by Crippen LogP contribution is -2.15. The van der Waals surface area contributed by atoms with Gasteiger partial charge < -0.3 is 0 Å². The molecule has 1 heterocycles. The average Bonchev–Trinajstić information content (AvgIpc) is 2.15. The molecule has 0 aromatic heterocycles. The highest BCUT2D eigenvalue weighted by atomic mass is 19.4. The van der Waals surface area contributed by atoms with Gasteiger partial charge in [0.1, 0.15) is 5.70 Å². The lowest BCUT2D eigenvalue weighted by atomic mass is 10.2. The van der Waals surface area contributed by atoms with E-state index in [1.165, 1.54) is 7.05 Å². The van der Waals surface area contributed by atoms with Gasteiger partial charge in [0, 0.05) is 7.05 Å². The third kappa shape index (κ3) is 2.07. The zero-order chi connectivity index (χ0) is 10.8. The first-order valence-electron chi connectivity index (χ1n) is 3.83. The molecule has 0 aliphatic carbocycles. The predicted octanol–water partition coefficient (Wildman–Crippen LogP) is 2.87. The van der Waals surface area contributed by atoms with E-state index >= 15 is 0 Å². The maximum absolute atomic E-state index is 12.2. The molecule has 0 atom stereocenters. The summed E-state index contributed by atoms with van der Waals surface area (Å²) in [5.74, 6) is 0. The summed E-state index contributed by atoms with van der Waals surface area (Å²) < 4.78 is 36.6. The Hall–Kier alpha value is -1.46. The number of rotatable bonds is 0. The molecule has 0 unspecified atom stereocenters. The van der Waals surface area contributed by atoms with Crippen LogP contribution in [0.2, 0.25) is 0 Å². The van der Waals surface area contributed by atoms with Crippen LogP contribution in [0.4, 0.5) is 13.2 Å². The van der Waals surface area contributed by atoms with E-state index in [1.54, 1.807) is 13.0 Å². The molecule has 0 spiro atoms. The summed E-state index contributed by atoms with van der Waals surface area (Å²) in [7, 11) is 1.41. The molecule has 0 radical (unpaired) electrons.